The second-order valence-electron chi connectivity index (χ2n) is 7.52. The Bertz CT molecular complexity index is 685. The fourth-order valence-corrected chi connectivity index (χ4v) is 5.73. The Morgan fingerprint density at radius 3 is 2.59 bits per heavy atom. The zero-order valence-corrected chi connectivity index (χ0v) is 12.6. The first-order chi connectivity index (χ1) is 10.2. The van der Waals surface area contributed by atoms with Crippen LogP contribution in [0.5, 0.6) is 0 Å². The van der Waals surface area contributed by atoms with Gasteiger partial charge in [-0.2, -0.15) is 13.2 Å². The van der Waals surface area contributed by atoms with Gasteiger partial charge in [0.05, 0.1) is 11.0 Å². The molecule has 1 N–H and O–H groups in total. The van der Waals surface area contributed by atoms with Gasteiger partial charge in [-0.05, 0) is 54.2 Å². The highest BCUT2D eigenvalue weighted by molar-refractivity contribution is 5.99. The number of halogens is 3. The van der Waals surface area contributed by atoms with Gasteiger partial charge < -0.3 is 5.32 Å². The summed E-state index contributed by atoms with van der Waals surface area (Å²) in [4.78, 5) is 12.7. The number of anilines is 1. The molecule has 118 valence electrons. The molecule has 1 amide bonds. The molecule has 1 aromatic carbocycles. The summed E-state index contributed by atoms with van der Waals surface area (Å²) in [5, 5.41) is 2.74. The Balaban J connectivity index is 1.58. The topological polar surface area (TPSA) is 29.1 Å². The van der Waals surface area contributed by atoms with E-state index in [1.165, 1.54) is 12.1 Å². The van der Waals surface area contributed by atoms with Crippen molar-refractivity contribution in [1.29, 1.82) is 0 Å². The number of benzene rings is 1. The lowest BCUT2D eigenvalue weighted by molar-refractivity contribution is -0.326. The Morgan fingerprint density at radius 1 is 1.32 bits per heavy atom. The van der Waals surface area contributed by atoms with Crippen LogP contribution in [0.25, 0.3) is 0 Å². The number of rotatable bonds is 2. The smallest absolute Gasteiger partial charge is 0.326 e. The molecule has 5 aliphatic rings. The molecule has 0 aromatic heterocycles. The van der Waals surface area contributed by atoms with Crippen LogP contribution in [0.3, 0.4) is 0 Å². The highest BCUT2D eigenvalue weighted by Gasteiger charge is 2.91. The van der Waals surface area contributed by atoms with Gasteiger partial charge in [-0.25, -0.2) is 0 Å². The van der Waals surface area contributed by atoms with Crippen molar-refractivity contribution in [1.82, 2.24) is 0 Å². The maximum absolute atomic E-state index is 12.8. The van der Waals surface area contributed by atoms with E-state index in [0.29, 0.717) is 5.92 Å². The summed E-state index contributed by atoms with van der Waals surface area (Å²) in [6, 6.07) is 4.88. The molecule has 5 saturated carbocycles. The van der Waals surface area contributed by atoms with Crippen molar-refractivity contribution in [3.63, 3.8) is 0 Å². The number of amides is 1. The first kappa shape index (κ1) is 14.1. The first-order valence-corrected chi connectivity index (χ1v) is 7.64. The van der Waals surface area contributed by atoms with Crippen LogP contribution in [0.2, 0.25) is 0 Å². The molecule has 0 heterocycles. The Labute approximate surface area is 127 Å². The van der Waals surface area contributed by atoms with E-state index in [9.17, 15) is 18.0 Å². The van der Waals surface area contributed by atoms with Crippen LogP contribution in [-0.4, -0.2) is 5.91 Å². The van der Waals surface area contributed by atoms with Crippen LogP contribution >= 0.6 is 0 Å². The predicted octanol–water partition coefficient (Wildman–Crippen LogP) is 4.47. The van der Waals surface area contributed by atoms with Crippen molar-refractivity contribution < 1.29 is 18.0 Å². The van der Waals surface area contributed by atoms with E-state index >= 15 is 0 Å². The van der Waals surface area contributed by atoms with E-state index < -0.39 is 11.7 Å². The highest BCUT2D eigenvalue weighted by atomic mass is 19.4. The van der Waals surface area contributed by atoms with E-state index in [1.54, 1.807) is 0 Å². The number of carbonyl (C=O) groups is 1. The third-order valence-electron chi connectivity index (χ3n) is 7.04. The Kier molecular flexibility index (Phi) is 2.36. The summed E-state index contributed by atoms with van der Waals surface area (Å²) in [7, 11) is 0. The number of carbonyl (C=O) groups excluding carboxylic acids is 1. The van der Waals surface area contributed by atoms with Gasteiger partial charge in [0.2, 0.25) is 5.91 Å². The van der Waals surface area contributed by atoms with Crippen LogP contribution < -0.4 is 5.32 Å². The van der Waals surface area contributed by atoms with E-state index in [-0.39, 0.29) is 27.8 Å². The highest BCUT2D eigenvalue weighted by Crippen LogP contribution is 2.93. The molecular formula is C17H18F3NO. The fourth-order valence-electron chi connectivity index (χ4n) is 5.73. The molecule has 0 spiro atoms. The SMILES string of the molecule is C[C@@]12CC[C@@H]3[C@]1(C)C[C@]32C(=O)Nc1cccc(C(F)(F)F)c1. The molecule has 2 nitrogen and oxygen atoms in total. The zero-order chi connectivity index (χ0) is 16.0. The third-order valence-corrected chi connectivity index (χ3v) is 7.04. The second-order valence-corrected chi connectivity index (χ2v) is 7.52. The van der Waals surface area contributed by atoms with Crippen LogP contribution in [0.4, 0.5) is 18.9 Å². The molecule has 0 aliphatic heterocycles. The van der Waals surface area contributed by atoms with Gasteiger partial charge in [0.15, 0.2) is 0 Å². The largest absolute Gasteiger partial charge is 0.416 e. The van der Waals surface area contributed by atoms with E-state index in [0.717, 1.165) is 31.4 Å². The monoisotopic (exact) mass is 309 g/mol. The lowest BCUT2D eigenvalue weighted by Gasteiger charge is -2.81. The van der Waals surface area contributed by atoms with Gasteiger partial charge in [-0.15, -0.1) is 0 Å². The van der Waals surface area contributed by atoms with E-state index in [1.807, 2.05) is 0 Å². The third kappa shape index (κ3) is 1.28. The number of hydrogen-bond donors (Lipinski definition) is 1. The Morgan fingerprint density at radius 2 is 2.05 bits per heavy atom. The summed E-state index contributed by atoms with van der Waals surface area (Å²) >= 11 is 0. The number of alkyl halides is 3. The van der Waals surface area contributed by atoms with Gasteiger partial charge in [0.1, 0.15) is 0 Å². The molecule has 4 atom stereocenters. The van der Waals surface area contributed by atoms with Crippen molar-refractivity contribution in [2.24, 2.45) is 22.2 Å². The van der Waals surface area contributed by atoms with Gasteiger partial charge in [-0.1, -0.05) is 19.9 Å². The normalized spacial score (nSPS) is 41.6. The standard InChI is InChI=1S/C17H18F3NO/c1-14-9-16(12(14)6-7-15(14,16)2)13(22)21-11-5-3-4-10(8-11)17(18,19)20/h3-5,8,12H,6-7,9H2,1-2H3,(H,21,22)/t12-,14+,15-,16-/m1/s1. The summed E-state index contributed by atoms with van der Waals surface area (Å²) < 4.78 is 38.3. The van der Waals surface area contributed by atoms with Crippen molar-refractivity contribution in [2.45, 2.75) is 39.3 Å². The van der Waals surface area contributed by atoms with Crippen LogP contribution in [0, 0.1) is 22.2 Å². The predicted molar refractivity (Wildman–Crippen MR) is 76.1 cm³/mol. The number of nitrogens with one attached hydrogen (secondary N) is 1. The number of hydrogen-bond acceptors (Lipinski definition) is 1. The van der Waals surface area contributed by atoms with Gasteiger partial charge >= 0.3 is 6.18 Å². The van der Waals surface area contributed by atoms with Crippen molar-refractivity contribution in [3.8, 4) is 0 Å². The average molecular weight is 309 g/mol. The molecule has 5 fully saturated rings. The molecule has 5 heteroatoms. The summed E-state index contributed by atoms with van der Waals surface area (Å²) in [6.07, 6.45) is -1.42. The molecule has 0 saturated heterocycles. The van der Waals surface area contributed by atoms with Crippen LogP contribution in [0.1, 0.15) is 38.7 Å². The molecule has 22 heavy (non-hydrogen) atoms. The maximum Gasteiger partial charge on any atom is 0.416 e. The van der Waals surface area contributed by atoms with Crippen LogP contribution in [-0.2, 0) is 11.0 Å². The van der Waals surface area contributed by atoms with Gasteiger partial charge in [-0.3, -0.25) is 4.79 Å². The lowest BCUT2D eigenvalue weighted by atomic mass is 9.21. The molecule has 0 radical (unpaired) electrons. The summed E-state index contributed by atoms with van der Waals surface area (Å²) in [5.41, 5.74) is -0.563. The van der Waals surface area contributed by atoms with Gasteiger partial charge in [0, 0.05) is 5.69 Å². The molecule has 1 aromatic rings. The van der Waals surface area contributed by atoms with E-state index in [4.69, 9.17) is 0 Å². The van der Waals surface area contributed by atoms with Crippen molar-refractivity contribution in [3.05, 3.63) is 29.8 Å². The van der Waals surface area contributed by atoms with E-state index in [2.05, 4.69) is 19.2 Å². The molecule has 4 bridgehead atoms. The number of fused-ring (bicyclic) bond motifs is 1. The first-order valence-electron chi connectivity index (χ1n) is 7.64. The van der Waals surface area contributed by atoms with Crippen LogP contribution in [0.15, 0.2) is 24.3 Å². The minimum atomic E-state index is -4.39. The van der Waals surface area contributed by atoms with Crippen molar-refractivity contribution >= 4 is 11.6 Å². The zero-order valence-electron chi connectivity index (χ0n) is 12.6. The molecule has 6 rings (SSSR count). The average Bonchev–Trinajstić information content (AvgIpc) is 2.81. The lowest BCUT2D eigenvalue weighted by Crippen LogP contribution is -2.81. The van der Waals surface area contributed by atoms with Gasteiger partial charge in [0.25, 0.3) is 0 Å². The minimum absolute atomic E-state index is 0.0242. The molecule has 0 unspecified atom stereocenters. The molecule has 5 aliphatic carbocycles. The minimum Gasteiger partial charge on any atom is -0.326 e. The van der Waals surface area contributed by atoms with Crippen molar-refractivity contribution in [2.75, 3.05) is 5.32 Å². The molecular weight excluding hydrogens is 291 g/mol. The maximum atomic E-state index is 12.8. The fraction of sp³-hybridized carbons (Fsp3) is 0.588. The summed E-state index contributed by atoms with van der Waals surface area (Å²) in [5.74, 6) is 0.302. The second kappa shape index (κ2) is 3.69. The quantitative estimate of drug-likeness (QED) is 0.858. The summed E-state index contributed by atoms with van der Waals surface area (Å²) in [6.45, 7) is 4.40. The Hall–Kier alpha value is -1.52.